The van der Waals surface area contributed by atoms with Crippen LogP contribution in [-0.2, 0) is 16.6 Å². The van der Waals surface area contributed by atoms with E-state index in [1.807, 2.05) is 0 Å². The van der Waals surface area contributed by atoms with Crippen molar-refractivity contribution in [3.05, 3.63) is 59.2 Å². The molecule has 1 aliphatic heterocycles. The van der Waals surface area contributed by atoms with E-state index in [2.05, 4.69) is 40.7 Å². The van der Waals surface area contributed by atoms with Crippen molar-refractivity contribution in [1.82, 2.24) is 10.2 Å². The van der Waals surface area contributed by atoms with Crippen LogP contribution in [0.4, 0.5) is 10.5 Å². The third-order valence-corrected chi connectivity index (χ3v) is 9.65. The minimum atomic E-state index is -0.361. The van der Waals surface area contributed by atoms with E-state index in [1.165, 1.54) is 43.5 Å². The molecule has 1 spiro atoms. The molecule has 6 rings (SSSR count). The Morgan fingerprint density at radius 3 is 2.63 bits per heavy atom. The molecule has 2 N–H and O–H groups in total. The topological polar surface area (TPSA) is 79.9 Å². The number of esters is 1. The molecule has 38 heavy (non-hydrogen) atoms. The lowest BCUT2D eigenvalue weighted by Crippen LogP contribution is -2.64. The van der Waals surface area contributed by atoms with Crippen LogP contribution in [0.3, 0.4) is 0 Å². The summed E-state index contributed by atoms with van der Waals surface area (Å²) in [7, 11) is 1.74. The smallest absolute Gasteiger partial charge is 0.338 e. The molecule has 202 valence electrons. The fourth-order valence-corrected chi connectivity index (χ4v) is 7.95. The minimum absolute atomic E-state index is 0.0274. The number of nitrogens with zero attached hydrogens (tertiary/aromatic N) is 1. The molecule has 2 unspecified atom stereocenters. The first-order valence-electron chi connectivity index (χ1n) is 14.1. The summed E-state index contributed by atoms with van der Waals surface area (Å²) >= 11 is 0. The fraction of sp³-hybridized carbons (Fsp3) is 0.548. The van der Waals surface area contributed by atoms with Gasteiger partial charge in [0, 0.05) is 42.2 Å². The molecule has 2 bridgehead atoms. The van der Waals surface area contributed by atoms with Crippen LogP contribution >= 0.6 is 0 Å². The third-order valence-electron chi connectivity index (χ3n) is 9.65. The van der Waals surface area contributed by atoms with Crippen molar-refractivity contribution >= 4 is 17.7 Å². The summed E-state index contributed by atoms with van der Waals surface area (Å²) in [5, 5.41) is 6.01. The Hall–Kier alpha value is -3.06. The second-order valence-electron chi connectivity index (χ2n) is 11.9. The number of carbonyl (C=O) groups excluding carboxylic acids is 2. The van der Waals surface area contributed by atoms with Crippen molar-refractivity contribution in [2.24, 2.45) is 17.3 Å². The number of likely N-dealkylation sites (tertiary alicyclic amines) is 1. The van der Waals surface area contributed by atoms with Gasteiger partial charge in [-0.1, -0.05) is 13.0 Å². The summed E-state index contributed by atoms with van der Waals surface area (Å²) in [6.45, 7) is 7.62. The summed E-state index contributed by atoms with van der Waals surface area (Å²) in [6.07, 6.45) is 6.01. The molecular formula is C31H39N3O4. The van der Waals surface area contributed by atoms with Crippen LogP contribution < -0.4 is 15.4 Å². The Kier molecular flexibility index (Phi) is 6.37. The standard InChI is InChI=1S/C31H39N3O4/c1-4-38-28(35)22-7-10-24(11-8-22)33-29(36)32-14-13-31-18-30(16-23-9-12-25(37-3)15-26(23)31)19-34(17-21-5-6-21)27(30)20(31)2/h7-12,15,20-21,27H,4-6,13-14,16-19H2,1-3H3,(H2,32,33,36)/t20-,27?,30?,31-/m0/s1. The van der Waals surface area contributed by atoms with Crippen LogP contribution in [-0.4, -0.2) is 56.3 Å². The van der Waals surface area contributed by atoms with Crippen LogP contribution in [0.2, 0.25) is 0 Å². The molecule has 7 heteroatoms. The molecule has 1 saturated heterocycles. The second-order valence-corrected chi connectivity index (χ2v) is 11.9. The van der Waals surface area contributed by atoms with E-state index in [4.69, 9.17) is 9.47 Å². The average Bonchev–Trinajstić information content (AvgIpc) is 3.70. The summed E-state index contributed by atoms with van der Waals surface area (Å²) in [5.41, 5.74) is 4.38. The van der Waals surface area contributed by atoms with E-state index in [1.54, 1.807) is 38.3 Å². The highest BCUT2D eigenvalue weighted by atomic mass is 16.5. The lowest BCUT2D eigenvalue weighted by atomic mass is 9.61. The molecule has 4 aliphatic rings. The van der Waals surface area contributed by atoms with E-state index in [9.17, 15) is 9.59 Å². The van der Waals surface area contributed by atoms with Gasteiger partial charge in [0.2, 0.25) is 0 Å². The molecule has 2 saturated carbocycles. The van der Waals surface area contributed by atoms with Gasteiger partial charge < -0.3 is 20.1 Å². The Morgan fingerprint density at radius 1 is 1.13 bits per heavy atom. The molecule has 0 radical (unpaired) electrons. The van der Waals surface area contributed by atoms with Crippen molar-refractivity contribution in [3.63, 3.8) is 0 Å². The van der Waals surface area contributed by atoms with E-state index in [-0.39, 0.29) is 17.4 Å². The highest BCUT2D eigenvalue weighted by molar-refractivity contribution is 5.92. The van der Waals surface area contributed by atoms with Crippen LogP contribution in [0.5, 0.6) is 5.75 Å². The molecule has 1 heterocycles. The maximum atomic E-state index is 12.8. The lowest BCUT2D eigenvalue weighted by Gasteiger charge is -2.56. The van der Waals surface area contributed by atoms with Gasteiger partial charge in [-0.3, -0.25) is 4.90 Å². The second kappa shape index (κ2) is 9.60. The molecule has 2 amide bonds. The van der Waals surface area contributed by atoms with Gasteiger partial charge in [0.25, 0.3) is 0 Å². The van der Waals surface area contributed by atoms with Crippen molar-refractivity contribution in [2.45, 2.75) is 57.4 Å². The van der Waals surface area contributed by atoms with Crippen LogP contribution in [0.15, 0.2) is 42.5 Å². The van der Waals surface area contributed by atoms with Gasteiger partial charge in [-0.2, -0.15) is 0 Å². The Balaban J connectivity index is 1.15. The number of fused-ring (bicyclic) bond motifs is 3. The van der Waals surface area contributed by atoms with Crippen LogP contribution in [0.25, 0.3) is 0 Å². The Morgan fingerprint density at radius 2 is 1.92 bits per heavy atom. The highest BCUT2D eigenvalue weighted by Gasteiger charge is 2.69. The number of methoxy groups -OCH3 is 1. The largest absolute Gasteiger partial charge is 0.497 e. The summed E-state index contributed by atoms with van der Waals surface area (Å²) in [6, 6.07) is 13.8. The molecule has 2 aromatic carbocycles. The molecular weight excluding hydrogens is 478 g/mol. The van der Waals surface area contributed by atoms with Gasteiger partial charge in [0.05, 0.1) is 19.3 Å². The van der Waals surface area contributed by atoms with Crippen molar-refractivity contribution < 1.29 is 19.1 Å². The number of ether oxygens (including phenoxy) is 2. The average molecular weight is 518 g/mol. The zero-order valence-corrected chi connectivity index (χ0v) is 22.7. The Labute approximate surface area is 225 Å². The van der Waals surface area contributed by atoms with Crippen molar-refractivity contribution in [2.75, 3.05) is 38.7 Å². The van der Waals surface area contributed by atoms with Crippen molar-refractivity contribution in [3.8, 4) is 5.75 Å². The van der Waals surface area contributed by atoms with Gasteiger partial charge >= 0.3 is 12.0 Å². The number of rotatable bonds is 9. The van der Waals surface area contributed by atoms with Gasteiger partial charge in [-0.15, -0.1) is 0 Å². The summed E-state index contributed by atoms with van der Waals surface area (Å²) < 4.78 is 10.7. The number of anilines is 1. The third kappa shape index (κ3) is 4.25. The number of benzene rings is 2. The van der Waals surface area contributed by atoms with E-state index in [0.29, 0.717) is 41.8 Å². The van der Waals surface area contributed by atoms with Crippen molar-refractivity contribution in [1.29, 1.82) is 0 Å². The van der Waals surface area contributed by atoms with E-state index >= 15 is 0 Å². The fourth-order valence-electron chi connectivity index (χ4n) is 7.95. The van der Waals surface area contributed by atoms with Gasteiger partial charge in [0.15, 0.2) is 0 Å². The number of urea groups is 1. The van der Waals surface area contributed by atoms with Crippen LogP contribution in [0, 0.1) is 17.3 Å². The molecule has 7 nitrogen and oxygen atoms in total. The maximum Gasteiger partial charge on any atom is 0.338 e. The van der Waals surface area contributed by atoms with Gasteiger partial charge in [-0.05, 0) is 98.4 Å². The Bertz CT molecular complexity index is 1230. The van der Waals surface area contributed by atoms with Gasteiger partial charge in [-0.25, -0.2) is 9.59 Å². The zero-order chi connectivity index (χ0) is 26.5. The summed E-state index contributed by atoms with van der Waals surface area (Å²) in [5.74, 6) is 1.97. The van der Waals surface area contributed by atoms with E-state index < -0.39 is 0 Å². The molecule has 3 fully saturated rings. The highest BCUT2D eigenvalue weighted by Crippen LogP contribution is 2.67. The normalized spacial score (nSPS) is 29.0. The van der Waals surface area contributed by atoms with E-state index in [0.717, 1.165) is 24.5 Å². The predicted molar refractivity (Wildman–Crippen MR) is 147 cm³/mol. The SMILES string of the molecule is CCOC(=O)c1ccc(NC(=O)NCC[C@@]23CC4(Cc5ccc(OC)cc52)CN(CC2CC2)C4[C@@H]3C)cc1. The first-order chi connectivity index (χ1) is 18.4. The van der Waals surface area contributed by atoms with Crippen LogP contribution in [0.1, 0.15) is 61.0 Å². The lowest BCUT2D eigenvalue weighted by molar-refractivity contribution is -0.0692. The molecule has 4 atom stereocenters. The number of nitrogens with one attached hydrogen (secondary N) is 2. The first-order valence-corrected chi connectivity index (χ1v) is 14.1. The van der Waals surface area contributed by atoms with Gasteiger partial charge in [0.1, 0.15) is 5.75 Å². The summed E-state index contributed by atoms with van der Waals surface area (Å²) in [4.78, 5) is 27.4. The quantitative estimate of drug-likeness (QED) is 0.458. The minimum Gasteiger partial charge on any atom is -0.497 e. The first kappa shape index (κ1) is 25.2. The molecule has 2 aromatic rings. The number of hydrogen-bond acceptors (Lipinski definition) is 5. The number of amides is 2. The number of hydrogen-bond donors (Lipinski definition) is 2. The number of carbonyl (C=O) groups is 2. The molecule has 0 aromatic heterocycles. The maximum absolute atomic E-state index is 12.8. The molecule has 3 aliphatic carbocycles. The zero-order valence-electron chi connectivity index (χ0n) is 22.7. The monoisotopic (exact) mass is 517 g/mol. The predicted octanol–water partition coefficient (Wildman–Crippen LogP) is 5.00.